The molecule has 0 heterocycles. The smallest absolute Gasteiger partial charge is 0.0499 e. The van der Waals surface area contributed by atoms with Crippen LogP contribution >= 0.6 is 0 Å². The number of hydrogen-bond donors (Lipinski definition) is 1. The molecular formula is C14H29NO. The molecule has 3 atom stereocenters. The highest BCUT2D eigenvalue weighted by atomic mass is 16.5. The van der Waals surface area contributed by atoms with Crippen LogP contribution in [0.15, 0.2) is 0 Å². The van der Waals surface area contributed by atoms with Gasteiger partial charge in [0, 0.05) is 26.3 Å². The zero-order valence-corrected chi connectivity index (χ0v) is 11.3. The molecule has 0 radical (unpaired) electrons. The van der Waals surface area contributed by atoms with Gasteiger partial charge >= 0.3 is 0 Å². The van der Waals surface area contributed by atoms with Crippen LogP contribution in [0.1, 0.15) is 52.4 Å². The summed E-state index contributed by atoms with van der Waals surface area (Å²) in [4.78, 5) is 0. The van der Waals surface area contributed by atoms with Crippen molar-refractivity contribution in [1.29, 1.82) is 0 Å². The summed E-state index contributed by atoms with van der Waals surface area (Å²) in [6.45, 7) is 6.56. The molecule has 2 nitrogen and oxygen atoms in total. The molecule has 0 bridgehead atoms. The summed E-state index contributed by atoms with van der Waals surface area (Å²) >= 11 is 0. The minimum Gasteiger partial charge on any atom is -0.384 e. The maximum Gasteiger partial charge on any atom is 0.0499 e. The first-order chi connectivity index (χ1) is 7.76. The molecule has 1 rings (SSSR count). The number of hydrogen-bond acceptors (Lipinski definition) is 2. The molecule has 3 unspecified atom stereocenters. The predicted octanol–water partition coefficient (Wildman–Crippen LogP) is 3.22. The molecule has 0 amide bonds. The summed E-state index contributed by atoms with van der Waals surface area (Å²) in [5.74, 6) is 1.62. The summed E-state index contributed by atoms with van der Waals surface area (Å²) in [5, 5.41) is 3.71. The Morgan fingerprint density at radius 3 is 2.75 bits per heavy atom. The normalized spacial score (nSPS) is 28.7. The van der Waals surface area contributed by atoms with Crippen LogP contribution < -0.4 is 5.32 Å². The van der Waals surface area contributed by atoms with Crippen LogP contribution in [0.5, 0.6) is 0 Å². The van der Waals surface area contributed by atoms with Gasteiger partial charge < -0.3 is 10.1 Å². The Morgan fingerprint density at radius 1 is 1.25 bits per heavy atom. The fourth-order valence-electron chi connectivity index (χ4n) is 2.70. The van der Waals surface area contributed by atoms with E-state index in [4.69, 9.17) is 4.74 Å². The van der Waals surface area contributed by atoms with Crippen LogP contribution in [0.3, 0.4) is 0 Å². The summed E-state index contributed by atoms with van der Waals surface area (Å²) < 4.78 is 5.16. The van der Waals surface area contributed by atoms with Crippen molar-refractivity contribution in [3.05, 3.63) is 0 Å². The molecule has 0 spiro atoms. The van der Waals surface area contributed by atoms with E-state index in [9.17, 15) is 0 Å². The van der Waals surface area contributed by atoms with E-state index in [1.54, 1.807) is 7.11 Å². The van der Waals surface area contributed by atoms with Crippen molar-refractivity contribution in [2.75, 3.05) is 20.3 Å². The average Bonchev–Trinajstić information content (AvgIpc) is 2.51. The van der Waals surface area contributed by atoms with Crippen molar-refractivity contribution < 1.29 is 4.74 Å². The SMILES string of the molecule is CCC1CCCC(NCC(C)COC)CC1. The van der Waals surface area contributed by atoms with Crippen molar-refractivity contribution in [1.82, 2.24) is 5.32 Å². The Kier molecular flexibility index (Phi) is 7.06. The standard InChI is InChI=1S/C14H29NO/c1-4-13-6-5-7-14(9-8-13)15-10-12(2)11-16-3/h12-15H,4-11H2,1-3H3. The van der Waals surface area contributed by atoms with Gasteiger partial charge in [0.2, 0.25) is 0 Å². The van der Waals surface area contributed by atoms with Crippen molar-refractivity contribution in [2.24, 2.45) is 11.8 Å². The van der Waals surface area contributed by atoms with Gasteiger partial charge in [-0.2, -0.15) is 0 Å². The highest BCUT2D eigenvalue weighted by molar-refractivity contribution is 4.75. The van der Waals surface area contributed by atoms with Gasteiger partial charge in [0.05, 0.1) is 0 Å². The lowest BCUT2D eigenvalue weighted by Gasteiger charge is -2.19. The van der Waals surface area contributed by atoms with Gasteiger partial charge in [-0.25, -0.2) is 0 Å². The molecule has 1 aliphatic carbocycles. The second-order valence-electron chi connectivity index (χ2n) is 5.45. The maximum absolute atomic E-state index is 5.16. The molecule has 0 aromatic rings. The second kappa shape index (κ2) is 8.08. The van der Waals surface area contributed by atoms with Crippen molar-refractivity contribution in [2.45, 2.75) is 58.4 Å². The van der Waals surface area contributed by atoms with E-state index < -0.39 is 0 Å². The molecule has 0 aliphatic heterocycles. The molecule has 0 aromatic carbocycles. The molecule has 16 heavy (non-hydrogen) atoms. The van der Waals surface area contributed by atoms with Gasteiger partial charge in [-0.05, 0) is 31.1 Å². The summed E-state index contributed by atoms with van der Waals surface area (Å²) in [5.41, 5.74) is 0. The lowest BCUT2D eigenvalue weighted by Crippen LogP contribution is -2.33. The van der Waals surface area contributed by atoms with E-state index >= 15 is 0 Å². The van der Waals surface area contributed by atoms with Crippen molar-refractivity contribution in [3.63, 3.8) is 0 Å². The van der Waals surface area contributed by atoms with Crippen LogP contribution in [-0.4, -0.2) is 26.3 Å². The van der Waals surface area contributed by atoms with Gasteiger partial charge in [0.15, 0.2) is 0 Å². The van der Waals surface area contributed by atoms with Crippen molar-refractivity contribution in [3.8, 4) is 0 Å². The molecule has 1 N–H and O–H groups in total. The number of ether oxygens (including phenoxy) is 1. The topological polar surface area (TPSA) is 21.3 Å². The maximum atomic E-state index is 5.16. The molecule has 1 saturated carbocycles. The van der Waals surface area contributed by atoms with E-state index in [-0.39, 0.29) is 0 Å². The largest absolute Gasteiger partial charge is 0.384 e. The third-order valence-corrected chi connectivity index (χ3v) is 3.87. The lowest BCUT2D eigenvalue weighted by atomic mass is 9.98. The van der Waals surface area contributed by atoms with E-state index in [1.165, 1.54) is 38.5 Å². The molecule has 1 aliphatic rings. The van der Waals surface area contributed by atoms with Gasteiger partial charge in [-0.3, -0.25) is 0 Å². The summed E-state index contributed by atoms with van der Waals surface area (Å²) in [6.07, 6.45) is 8.39. The van der Waals surface area contributed by atoms with Gasteiger partial charge in [-0.1, -0.05) is 33.1 Å². The van der Waals surface area contributed by atoms with E-state index in [0.29, 0.717) is 5.92 Å². The monoisotopic (exact) mass is 227 g/mol. The average molecular weight is 227 g/mol. The van der Waals surface area contributed by atoms with Crippen LogP contribution in [0, 0.1) is 11.8 Å². The minimum atomic E-state index is 0.634. The molecule has 0 aromatic heterocycles. The fourth-order valence-corrected chi connectivity index (χ4v) is 2.70. The van der Waals surface area contributed by atoms with E-state index in [0.717, 1.165) is 25.1 Å². The quantitative estimate of drug-likeness (QED) is 0.704. The molecule has 2 heteroatoms. The van der Waals surface area contributed by atoms with Gasteiger partial charge in [0.1, 0.15) is 0 Å². The number of nitrogens with one attached hydrogen (secondary N) is 1. The molecule has 1 fully saturated rings. The fraction of sp³-hybridized carbons (Fsp3) is 1.00. The van der Waals surface area contributed by atoms with Crippen LogP contribution in [0.4, 0.5) is 0 Å². The lowest BCUT2D eigenvalue weighted by molar-refractivity contribution is 0.156. The first-order valence-corrected chi connectivity index (χ1v) is 6.98. The van der Waals surface area contributed by atoms with E-state index in [1.807, 2.05) is 0 Å². The highest BCUT2D eigenvalue weighted by Gasteiger charge is 2.17. The Labute approximate surface area is 101 Å². The minimum absolute atomic E-state index is 0.634. The Morgan fingerprint density at radius 2 is 2.06 bits per heavy atom. The van der Waals surface area contributed by atoms with Gasteiger partial charge in [0.25, 0.3) is 0 Å². The first-order valence-electron chi connectivity index (χ1n) is 6.98. The predicted molar refractivity (Wildman–Crippen MR) is 69.7 cm³/mol. The van der Waals surface area contributed by atoms with Crippen LogP contribution in [0.2, 0.25) is 0 Å². The molecule has 96 valence electrons. The van der Waals surface area contributed by atoms with Crippen LogP contribution in [-0.2, 0) is 4.74 Å². The second-order valence-corrected chi connectivity index (χ2v) is 5.45. The Hall–Kier alpha value is -0.0800. The molecule has 0 saturated heterocycles. The zero-order valence-electron chi connectivity index (χ0n) is 11.3. The number of methoxy groups -OCH3 is 1. The molecular weight excluding hydrogens is 198 g/mol. The third kappa shape index (κ3) is 5.31. The summed E-state index contributed by atoms with van der Waals surface area (Å²) in [6, 6.07) is 0.760. The van der Waals surface area contributed by atoms with E-state index in [2.05, 4.69) is 19.2 Å². The van der Waals surface area contributed by atoms with Gasteiger partial charge in [-0.15, -0.1) is 0 Å². The van der Waals surface area contributed by atoms with Crippen LogP contribution in [0.25, 0.3) is 0 Å². The zero-order chi connectivity index (χ0) is 11.8. The number of rotatable bonds is 6. The highest BCUT2D eigenvalue weighted by Crippen LogP contribution is 2.25. The van der Waals surface area contributed by atoms with Crippen molar-refractivity contribution >= 4 is 0 Å². The Balaban J connectivity index is 2.17. The summed E-state index contributed by atoms with van der Waals surface area (Å²) in [7, 11) is 1.79. The first kappa shape index (κ1) is 14.0. The third-order valence-electron chi connectivity index (χ3n) is 3.87. The Bertz CT molecular complexity index is 172.